The standard InChI is InChI=1S/C9H15BrN2O2S2/c1-3-4-11-16(13,14)12(2)6-8-5-9(10)15-7-8/h5,7,11H,3-4,6H2,1-2H3. The van der Waals surface area contributed by atoms with Crippen LogP contribution in [0.4, 0.5) is 0 Å². The first-order chi connectivity index (χ1) is 7.45. The summed E-state index contributed by atoms with van der Waals surface area (Å²) in [6.45, 7) is 2.79. The Kier molecular flexibility index (Phi) is 5.39. The highest BCUT2D eigenvalue weighted by Crippen LogP contribution is 2.21. The third kappa shape index (κ3) is 4.14. The highest BCUT2D eigenvalue weighted by Gasteiger charge is 2.16. The lowest BCUT2D eigenvalue weighted by Gasteiger charge is -2.16. The summed E-state index contributed by atoms with van der Waals surface area (Å²) in [6, 6.07) is 1.93. The quantitative estimate of drug-likeness (QED) is 0.871. The van der Waals surface area contributed by atoms with Crippen LogP contribution in [0, 0.1) is 0 Å². The van der Waals surface area contributed by atoms with E-state index in [0.717, 1.165) is 15.8 Å². The van der Waals surface area contributed by atoms with Crippen LogP contribution >= 0.6 is 27.3 Å². The molecule has 0 aromatic carbocycles. The largest absolute Gasteiger partial charge is 0.279 e. The SMILES string of the molecule is CCCNS(=O)(=O)N(C)Cc1csc(Br)c1. The third-order valence-corrected chi connectivity index (χ3v) is 5.04. The second-order valence-corrected chi connectivity index (χ2v) is 7.57. The van der Waals surface area contributed by atoms with E-state index in [9.17, 15) is 8.42 Å². The zero-order valence-electron chi connectivity index (χ0n) is 9.23. The molecule has 7 heteroatoms. The molecule has 1 N–H and O–H groups in total. The summed E-state index contributed by atoms with van der Waals surface area (Å²) in [5.41, 5.74) is 0.987. The van der Waals surface area contributed by atoms with Gasteiger partial charge in [-0.1, -0.05) is 6.92 Å². The van der Waals surface area contributed by atoms with Crippen LogP contribution in [0.3, 0.4) is 0 Å². The molecule has 0 saturated carbocycles. The van der Waals surface area contributed by atoms with Crippen molar-refractivity contribution in [1.82, 2.24) is 9.03 Å². The lowest BCUT2D eigenvalue weighted by Crippen LogP contribution is -2.37. The normalized spacial score (nSPS) is 12.2. The molecule has 0 bridgehead atoms. The summed E-state index contributed by atoms with van der Waals surface area (Å²) >= 11 is 4.90. The summed E-state index contributed by atoms with van der Waals surface area (Å²) in [5.74, 6) is 0. The van der Waals surface area contributed by atoms with Crippen molar-refractivity contribution < 1.29 is 8.42 Å². The van der Waals surface area contributed by atoms with E-state index in [1.54, 1.807) is 18.4 Å². The summed E-state index contributed by atoms with van der Waals surface area (Å²) in [4.78, 5) is 0. The van der Waals surface area contributed by atoms with E-state index >= 15 is 0 Å². The van der Waals surface area contributed by atoms with Crippen LogP contribution in [-0.2, 0) is 16.8 Å². The van der Waals surface area contributed by atoms with Gasteiger partial charge in [0.05, 0.1) is 3.79 Å². The third-order valence-electron chi connectivity index (χ3n) is 1.97. The Morgan fingerprint density at radius 2 is 2.25 bits per heavy atom. The van der Waals surface area contributed by atoms with Gasteiger partial charge in [0.25, 0.3) is 10.2 Å². The Balaban J connectivity index is 2.61. The Morgan fingerprint density at radius 1 is 1.56 bits per heavy atom. The number of hydrogen-bond donors (Lipinski definition) is 1. The van der Waals surface area contributed by atoms with Crippen LogP contribution in [0.15, 0.2) is 15.2 Å². The van der Waals surface area contributed by atoms with Gasteiger partial charge in [0, 0.05) is 20.1 Å². The van der Waals surface area contributed by atoms with Gasteiger partial charge in [-0.25, -0.2) is 4.72 Å². The average Bonchev–Trinajstić information content (AvgIpc) is 2.61. The van der Waals surface area contributed by atoms with Gasteiger partial charge in [0.1, 0.15) is 0 Å². The van der Waals surface area contributed by atoms with Gasteiger partial charge in [-0.05, 0) is 39.4 Å². The van der Waals surface area contributed by atoms with Crippen LogP contribution in [0.5, 0.6) is 0 Å². The lowest BCUT2D eigenvalue weighted by atomic mass is 10.3. The molecule has 0 aliphatic heterocycles. The smallest absolute Gasteiger partial charge is 0.202 e. The van der Waals surface area contributed by atoms with Crippen molar-refractivity contribution >= 4 is 37.5 Å². The molecule has 0 amide bonds. The molecule has 1 rings (SSSR count). The molecule has 0 spiro atoms. The van der Waals surface area contributed by atoms with E-state index in [4.69, 9.17) is 0 Å². The molecule has 0 radical (unpaired) electrons. The van der Waals surface area contributed by atoms with E-state index in [1.165, 1.54) is 4.31 Å². The van der Waals surface area contributed by atoms with Gasteiger partial charge in [0.2, 0.25) is 0 Å². The monoisotopic (exact) mass is 326 g/mol. The van der Waals surface area contributed by atoms with Gasteiger partial charge < -0.3 is 0 Å². The van der Waals surface area contributed by atoms with Gasteiger partial charge in [-0.2, -0.15) is 12.7 Å². The Hall–Kier alpha value is 0.0500. The Bertz CT molecular complexity index is 430. The van der Waals surface area contributed by atoms with Crippen molar-refractivity contribution in [3.05, 3.63) is 20.8 Å². The fourth-order valence-electron chi connectivity index (χ4n) is 1.11. The van der Waals surface area contributed by atoms with Gasteiger partial charge >= 0.3 is 0 Å². The minimum Gasteiger partial charge on any atom is -0.202 e. The molecule has 0 atom stereocenters. The van der Waals surface area contributed by atoms with Crippen LogP contribution in [-0.4, -0.2) is 26.3 Å². The minimum atomic E-state index is -3.34. The maximum atomic E-state index is 11.7. The predicted octanol–water partition coefficient (Wildman–Crippen LogP) is 2.19. The number of nitrogens with zero attached hydrogens (tertiary/aromatic N) is 1. The van der Waals surface area contributed by atoms with Gasteiger partial charge in [0.15, 0.2) is 0 Å². The molecule has 1 heterocycles. The molecule has 92 valence electrons. The molecule has 1 aromatic heterocycles. The summed E-state index contributed by atoms with van der Waals surface area (Å²) < 4.78 is 28.3. The van der Waals surface area contributed by atoms with E-state index in [0.29, 0.717) is 13.1 Å². The first kappa shape index (κ1) is 14.1. The lowest BCUT2D eigenvalue weighted by molar-refractivity contribution is 0.455. The van der Waals surface area contributed by atoms with E-state index < -0.39 is 10.2 Å². The molecule has 0 aliphatic rings. The first-order valence-corrected chi connectivity index (χ1v) is 8.01. The van der Waals surface area contributed by atoms with Gasteiger partial charge in [-0.15, -0.1) is 11.3 Å². The highest BCUT2D eigenvalue weighted by molar-refractivity contribution is 9.11. The van der Waals surface area contributed by atoms with Crippen molar-refractivity contribution in [3.8, 4) is 0 Å². The van der Waals surface area contributed by atoms with Crippen molar-refractivity contribution in [1.29, 1.82) is 0 Å². The summed E-state index contributed by atoms with van der Waals surface area (Å²) in [6.07, 6.45) is 0.789. The molecule has 16 heavy (non-hydrogen) atoms. The van der Waals surface area contributed by atoms with Crippen molar-refractivity contribution in [2.75, 3.05) is 13.6 Å². The Morgan fingerprint density at radius 3 is 2.75 bits per heavy atom. The zero-order valence-corrected chi connectivity index (χ0v) is 12.5. The second kappa shape index (κ2) is 6.11. The topological polar surface area (TPSA) is 49.4 Å². The molecule has 0 saturated heterocycles. The number of nitrogens with one attached hydrogen (secondary N) is 1. The molecule has 1 aromatic rings. The fraction of sp³-hybridized carbons (Fsp3) is 0.556. The molecular formula is C9H15BrN2O2S2. The maximum Gasteiger partial charge on any atom is 0.279 e. The maximum absolute atomic E-state index is 11.7. The second-order valence-electron chi connectivity index (χ2n) is 3.41. The average molecular weight is 327 g/mol. The predicted molar refractivity (Wildman–Crippen MR) is 70.7 cm³/mol. The summed E-state index contributed by atoms with van der Waals surface area (Å²) in [7, 11) is -1.77. The van der Waals surface area contributed by atoms with Crippen molar-refractivity contribution in [3.63, 3.8) is 0 Å². The van der Waals surface area contributed by atoms with Crippen molar-refractivity contribution in [2.24, 2.45) is 0 Å². The zero-order chi connectivity index (χ0) is 12.2. The minimum absolute atomic E-state index is 0.390. The Labute approximate surface area is 109 Å². The number of halogens is 1. The van der Waals surface area contributed by atoms with E-state index in [2.05, 4.69) is 20.7 Å². The fourth-order valence-corrected chi connectivity index (χ4v) is 3.31. The molecule has 0 fully saturated rings. The van der Waals surface area contributed by atoms with E-state index in [-0.39, 0.29) is 0 Å². The summed E-state index contributed by atoms with van der Waals surface area (Å²) in [5, 5.41) is 1.94. The van der Waals surface area contributed by atoms with Crippen LogP contribution < -0.4 is 4.72 Å². The van der Waals surface area contributed by atoms with Crippen LogP contribution in [0.2, 0.25) is 0 Å². The van der Waals surface area contributed by atoms with Gasteiger partial charge in [-0.3, -0.25) is 0 Å². The molecule has 0 aliphatic carbocycles. The van der Waals surface area contributed by atoms with E-state index in [1.807, 2.05) is 18.4 Å². The van der Waals surface area contributed by atoms with Crippen molar-refractivity contribution in [2.45, 2.75) is 19.9 Å². The number of rotatable bonds is 6. The highest BCUT2D eigenvalue weighted by atomic mass is 79.9. The molecular weight excluding hydrogens is 312 g/mol. The van der Waals surface area contributed by atoms with Crippen LogP contribution in [0.25, 0.3) is 0 Å². The number of thiophene rings is 1. The molecule has 4 nitrogen and oxygen atoms in total. The number of hydrogen-bond acceptors (Lipinski definition) is 3. The first-order valence-electron chi connectivity index (χ1n) is 4.89. The van der Waals surface area contributed by atoms with Crippen LogP contribution in [0.1, 0.15) is 18.9 Å². The molecule has 0 unspecified atom stereocenters.